The number of rotatable bonds is 14. The summed E-state index contributed by atoms with van der Waals surface area (Å²) in [6, 6.07) is 0. The molecule has 0 spiro atoms. The van der Waals surface area contributed by atoms with Crippen molar-refractivity contribution in [1.82, 2.24) is 0 Å². The number of ether oxygens (including phenoxy) is 1. The van der Waals surface area contributed by atoms with Crippen LogP contribution in [0.15, 0.2) is 0 Å². The van der Waals surface area contributed by atoms with Gasteiger partial charge in [-0.25, -0.2) is 13.2 Å². The standard InChI is InChI=1S/C20H27F5O3/c21-15-16(22)18(24)20(19(25)17(15)23)28-14(27)12-10-8-6-4-2-1-3-5-7-9-11-13-26/h26H,1-13H2. The van der Waals surface area contributed by atoms with Crippen molar-refractivity contribution in [1.29, 1.82) is 0 Å². The van der Waals surface area contributed by atoms with Crippen molar-refractivity contribution < 1.29 is 36.6 Å². The Morgan fingerprint density at radius 2 is 0.964 bits per heavy atom. The summed E-state index contributed by atoms with van der Waals surface area (Å²) in [7, 11) is 0. The highest BCUT2D eigenvalue weighted by atomic mass is 19.2. The van der Waals surface area contributed by atoms with Gasteiger partial charge in [0, 0.05) is 13.0 Å². The van der Waals surface area contributed by atoms with Gasteiger partial charge in [-0.3, -0.25) is 4.79 Å². The lowest BCUT2D eigenvalue weighted by Gasteiger charge is -2.08. The predicted octanol–water partition coefficient (Wildman–Crippen LogP) is 5.96. The van der Waals surface area contributed by atoms with Crippen LogP contribution in [0, 0.1) is 29.1 Å². The van der Waals surface area contributed by atoms with Gasteiger partial charge in [0.2, 0.25) is 34.8 Å². The molecule has 0 aliphatic heterocycles. The maximum atomic E-state index is 13.4. The van der Waals surface area contributed by atoms with Gasteiger partial charge in [-0.05, 0) is 12.8 Å². The second kappa shape index (κ2) is 13.5. The molecule has 0 aliphatic rings. The monoisotopic (exact) mass is 410 g/mol. The number of hydrogen-bond acceptors (Lipinski definition) is 3. The zero-order chi connectivity index (χ0) is 20.9. The van der Waals surface area contributed by atoms with E-state index in [1.807, 2.05) is 0 Å². The second-order valence-corrected chi connectivity index (χ2v) is 6.74. The maximum Gasteiger partial charge on any atom is 0.311 e. The lowest BCUT2D eigenvalue weighted by Crippen LogP contribution is -2.13. The van der Waals surface area contributed by atoms with Crippen LogP contribution >= 0.6 is 0 Å². The molecular weight excluding hydrogens is 383 g/mol. The van der Waals surface area contributed by atoms with Crippen molar-refractivity contribution in [2.45, 2.75) is 77.0 Å². The molecule has 0 heterocycles. The van der Waals surface area contributed by atoms with Crippen LogP contribution in [0.1, 0.15) is 77.0 Å². The summed E-state index contributed by atoms with van der Waals surface area (Å²) in [5.74, 6) is -13.5. The summed E-state index contributed by atoms with van der Waals surface area (Å²) in [6.45, 7) is 0.245. The predicted molar refractivity (Wildman–Crippen MR) is 94.4 cm³/mol. The van der Waals surface area contributed by atoms with Crippen LogP contribution in [0.5, 0.6) is 5.75 Å². The van der Waals surface area contributed by atoms with Crippen molar-refractivity contribution in [2.24, 2.45) is 0 Å². The summed E-state index contributed by atoms with van der Waals surface area (Å²) in [5, 5.41) is 8.67. The molecule has 160 valence electrons. The van der Waals surface area contributed by atoms with Gasteiger partial charge < -0.3 is 9.84 Å². The molecule has 1 aromatic rings. The van der Waals surface area contributed by atoms with Crippen molar-refractivity contribution in [3.05, 3.63) is 29.1 Å². The number of carbonyl (C=O) groups is 1. The number of aliphatic hydroxyl groups excluding tert-OH is 1. The summed E-state index contributed by atoms with van der Waals surface area (Å²) < 4.78 is 70.2. The lowest BCUT2D eigenvalue weighted by atomic mass is 10.1. The van der Waals surface area contributed by atoms with E-state index in [-0.39, 0.29) is 13.0 Å². The van der Waals surface area contributed by atoms with Crippen LogP contribution in [0.3, 0.4) is 0 Å². The molecule has 3 nitrogen and oxygen atoms in total. The fraction of sp³-hybridized carbons (Fsp3) is 0.650. The number of halogens is 5. The maximum absolute atomic E-state index is 13.4. The number of unbranched alkanes of at least 4 members (excludes halogenated alkanes) is 10. The summed E-state index contributed by atoms with van der Waals surface area (Å²) in [4.78, 5) is 11.6. The molecule has 8 heteroatoms. The molecule has 0 fully saturated rings. The van der Waals surface area contributed by atoms with Crippen molar-refractivity contribution in [2.75, 3.05) is 6.61 Å². The van der Waals surface area contributed by atoms with Crippen LogP contribution in [-0.2, 0) is 4.79 Å². The van der Waals surface area contributed by atoms with Gasteiger partial charge in [-0.1, -0.05) is 57.8 Å². The van der Waals surface area contributed by atoms with Gasteiger partial charge >= 0.3 is 5.97 Å². The molecule has 0 amide bonds. The molecule has 0 unspecified atom stereocenters. The van der Waals surface area contributed by atoms with Crippen LogP contribution in [0.4, 0.5) is 22.0 Å². The molecule has 0 aromatic heterocycles. The summed E-state index contributed by atoms with van der Waals surface area (Å²) in [5.41, 5.74) is 0. The molecule has 0 radical (unpaired) electrons. The SMILES string of the molecule is O=C(CCCCCCCCCCCCCO)Oc1c(F)c(F)c(F)c(F)c1F. The fourth-order valence-electron chi connectivity index (χ4n) is 2.81. The third-order valence-corrected chi connectivity index (χ3v) is 4.42. The lowest BCUT2D eigenvalue weighted by molar-refractivity contribution is -0.135. The van der Waals surface area contributed by atoms with Crippen molar-refractivity contribution in [3.63, 3.8) is 0 Å². The molecule has 0 atom stereocenters. The van der Waals surface area contributed by atoms with Gasteiger partial charge in [-0.15, -0.1) is 0 Å². The van der Waals surface area contributed by atoms with E-state index >= 15 is 0 Å². The Labute approximate surface area is 161 Å². The number of esters is 1. The number of benzene rings is 1. The highest BCUT2D eigenvalue weighted by Crippen LogP contribution is 2.29. The molecule has 0 aliphatic carbocycles. The van der Waals surface area contributed by atoms with Gasteiger partial charge in [0.25, 0.3) is 0 Å². The first kappa shape index (κ1) is 24.3. The zero-order valence-electron chi connectivity index (χ0n) is 15.8. The highest BCUT2D eigenvalue weighted by molar-refractivity contribution is 5.72. The third-order valence-electron chi connectivity index (χ3n) is 4.42. The van der Waals surface area contributed by atoms with E-state index < -0.39 is 40.8 Å². The minimum Gasteiger partial charge on any atom is -0.420 e. The van der Waals surface area contributed by atoms with E-state index in [4.69, 9.17) is 5.11 Å². The van der Waals surface area contributed by atoms with Gasteiger partial charge in [-0.2, -0.15) is 8.78 Å². The number of carbonyl (C=O) groups excluding carboxylic acids is 1. The Kier molecular flexibility index (Phi) is 11.7. The minimum absolute atomic E-state index is 0.162. The first-order valence-corrected chi connectivity index (χ1v) is 9.73. The van der Waals surface area contributed by atoms with Gasteiger partial charge in [0.1, 0.15) is 0 Å². The average Bonchev–Trinajstić information content (AvgIpc) is 2.69. The van der Waals surface area contributed by atoms with Crippen molar-refractivity contribution >= 4 is 5.97 Å². The van der Waals surface area contributed by atoms with E-state index in [9.17, 15) is 26.7 Å². The Hall–Kier alpha value is -1.70. The molecule has 1 aromatic carbocycles. The van der Waals surface area contributed by atoms with E-state index in [1.54, 1.807) is 0 Å². The molecule has 0 bridgehead atoms. The normalized spacial score (nSPS) is 11.1. The van der Waals surface area contributed by atoms with E-state index in [1.165, 1.54) is 0 Å². The van der Waals surface area contributed by atoms with Crippen LogP contribution in [0.2, 0.25) is 0 Å². The zero-order valence-corrected chi connectivity index (χ0v) is 15.8. The third kappa shape index (κ3) is 8.12. The Balaban J connectivity index is 2.17. The summed E-state index contributed by atoms with van der Waals surface area (Å²) >= 11 is 0. The topological polar surface area (TPSA) is 46.5 Å². The van der Waals surface area contributed by atoms with Gasteiger partial charge in [0.15, 0.2) is 0 Å². The molecule has 0 saturated heterocycles. The number of aliphatic hydroxyl groups is 1. The molecule has 1 N–H and O–H groups in total. The Morgan fingerprint density at radius 3 is 1.39 bits per heavy atom. The van der Waals surface area contributed by atoms with Crippen LogP contribution < -0.4 is 4.74 Å². The molecule has 0 saturated carbocycles. The molecular formula is C20H27F5O3. The smallest absolute Gasteiger partial charge is 0.311 e. The van der Waals surface area contributed by atoms with E-state index in [0.717, 1.165) is 57.8 Å². The highest BCUT2D eigenvalue weighted by Gasteiger charge is 2.28. The summed E-state index contributed by atoms with van der Waals surface area (Å²) in [6.07, 6.45) is 10.4. The first-order valence-electron chi connectivity index (χ1n) is 9.73. The first-order chi connectivity index (χ1) is 13.4. The second-order valence-electron chi connectivity index (χ2n) is 6.74. The minimum atomic E-state index is -2.29. The fourth-order valence-corrected chi connectivity index (χ4v) is 2.81. The number of hydrogen-bond donors (Lipinski definition) is 1. The largest absolute Gasteiger partial charge is 0.420 e. The quantitative estimate of drug-likeness (QED) is 0.103. The average molecular weight is 410 g/mol. The van der Waals surface area contributed by atoms with Crippen molar-refractivity contribution in [3.8, 4) is 5.75 Å². The van der Waals surface area contributed by atoms with Gasteiger partial charge in [0.05, 0.1) is 0 Å². The Morgan fingerprint density at radius 1 is 0.607 bits per heavy atom. The molecule has 1 rings (SSSR count). The van der Waals surface area contributed by atoms with Crippen LogP contribution in [0.25, 0.3) is 0 Å². The molecule has 28 heavy (non-hydrogen) atoms. The van der Waals surface area contributed by atoms with E-state index in [0.29, 0.717) is 12.8 Å². The Bertz CT molecular complexity index is 593. The van der Waals surface area contributed by atoms with E-state index in [2.05, 4.69) is 4.74 Å². The van der Waals surface area contributed by atoms with Crippen LogP contribution in [-0.4, -0.2) is 17.7 Å².